The molecule has 8 rings (SSSR count). The number of aryl methyl sites for hydroxylation is 2. The molecule has 47 heavy (non-hydrogen) atoms. The number of ketones is 1. The standard InChI is InChI=1S/C34H22N2O11/c1-12-7-18(38)23-22-17(10-35(32(23)42)15-5-4-6-16(9-15)36(44)45)29(40)28-25(20(12)22)26-30(41)21-13(2)8-19(39)24-27(21)34(28,11-46-33(24)43)31(26)47-14(3)37/h4-10,26,31,39,42H,11H2,1-3H3/t26-,31-,34-/m0/s1. The number of rotatable bonds is 3. The molecular formula is C34H22N2O11. The topological polar surface area (TPSA) is 192 Å². The third-order valence-electron chi connectivity index (χ3n) is 9.75. The van der Waals surface area contributed by atoms with Gasteiger partial charge in [0.2, 0.25) is 5.88 Å². The molecule has 3 atom stereocenters. The average Bonchev–Trinajstić information content (AvgIpc) is 3.21. The van der Waals surface area contributed by atoms with Crippen LogP contribution in [0.2, 0.25) is 0 Å². The number of nitrogens with zero attached hydrogens (tertiary/aromatic N) is 2. The van der Waals surface area contributed by atoms with Crippen LogP contribution in [0.3, 0.4) is 0 Å². The van der Waals surface area contributed by atoms with E-state index in [0.717, 1.165) is 11.5 Å². The number of hydrogen-bond donors (Lipinski definition) is 2. The van der Waals surface area contributed by atoms with Crippen LogP contribution < -0.4 is 10.9 Å². The molecule has 1 spiro atoms. The molecule has 0 unspecified atom stereocenters. The van der Waals surface area contributed by atoms with Gasteiger partial charge in [-0.25, -0.2) is 4.79 Å². The van der Waals surface area contributed by atoms with Crippen LogP contribution in [0.15, 0.2) is 52.2 Å². The Morgan fingerprint density at radius 3 is 2.47 bits per heavy atom. The fourth-order valence-corrected chi connectivity index (χ4v) is 8.13. The van der Waals surface area contributed by atoms with Gasteiger partial charge in [-0.2, -0.15) is 0 Å². The molecule has 13 nitrogen and oxygen atoms in total. The predicted molar refractivity (Wildman–Crippen MR) is 164 cm³/mol. The van der Waals surface area contributed by atoms with E-state index in [0.29, 0.717) is 16.5 Å². The number of Topliss-reactive ketones (excluding diaryl/α,β-unsaturated/α-hetero) is 1. The van der Waals surface area contributed by atoms with Crippen LogP contribution in [0.25, 0.3) is 27.2 Å². The second kappa shape index (κ2) is 9.00. The second-order valence-corrected chi connectivity index (χ2v) is 12.2. The van der Waals surface area contributed by atoms with Crippen molar-refractivity contribution in [1.82, 2.24) is 4.57 Å². The van der Waals surface area contributed by atoms with Gasteiger partial charge in [0.05, 0.1) is 27.3 Å². The van der Waals surface area contributed by atoms with E-state index < -0.39 is 69.2 Å². The quantitative estimate of drug-likeness (QED) is 0.167. The van der Waals surface area contributed by atoms with Gasteiger partial charge in [-0.3, -0.25) is 33.9 Å². The molecule has 0 amide bonds. The fraction of sp³-hybridized carbons (Fsp3) is 0.206. The predicted octanol–water partition coefficient (Wildman–Crippen LogP) is 3.56. The molecule has 2 heterocycles. The number of cyclic esters (lactones) is 1. The lowest BCUT2D eigenvalue weighted by molar-refractivity contribution is -0.384. The van der Waals surface area contributed by atoms with Crippen molar-refractivity contribution in [2.75, 3.05) is 6.61 Å². The molecule has 5 aromatic rings. The average molecular weight is 635 g/mol. The second-order valence-electron chi connectivity index (χ2n) is 12.2. The molecular weight excluding hydrogens is 612 g/mol. The first-order valence-corrected chi connectivity index (χ1v) is 14.5. The minimum atomic E-state index is -1.72. The first-order valence-electron chi connectivity index (χ1n) is 14.5. The maximum absolute atomic E-state index is 15.0. The number of carbonyl (C=O) groups excluding carboxylic acids is 3. The van der Waals surface area contributed by atoms with E-state index in [2.05, 4.69) is 0 Å². The highest BCUT2D eigenvalue weighted by atomic mass is 16.6. The number of phenols is 1. The number of esters is 2. The lowest BCUT2D eigenvalue weighted by Crippen LogP contribution is -2.55. The molecule has 4 aromatic carbocycles. The van der Waals surface area contributed by atoms with Crippen LogP contribution in [-0.4, -0.2) is 50.1 Å². The Morgan fingerprint density at radius 2 is 1.77 bits per heavy atom. The van der Waals surface area contributed by atoms with Crippen LogP contribution in [-0.2, 0) is 19.7 Å². The third kappa shape index (κ3) is 3.29. The molecule has 2 N–H and O–H groups in total. The van der Waals surface area contributed by atoms with Crippen molar-refractivity contribution in [3.05, 3.63) is 112 Å². The van der Waals surface area contributed by atoms with Crippen molar-refractivity contribution in [3.63, 3.8) is 0 Å². The number of phenolic OH excluding ortho intramolecular Hbond substituents is 1. The van der Waals surface area contributed by atoms with Gasteiger partial charge in [-0.15, -0.1) is 0 Å². The number of nitro groups is 1. The number of nitro benzene ring substituents is 1. The van der Waals surface area contributed by atoms with E-state index in [9.17, 15) is 39.5 Å². The van der Waals surface area contributed by atoms with Crippen molar-refractivity contribution < 1.29 is 39.0 Å². The highest BCUT2D eigenvalue weighted by Crippen LogP contribution is 2.61. The number of aromatic hydroxyl groups is 2. The molecule has 13 heteroatoms. The Morgan fingerprint density at radius 1 is 1.02 bits per heavy atom. The SMILES string of the molecule is CC(=O)O[C@H]1[C@@H]2C(=O)c3c(C)cc(O)c4c3[C@@]1(COC4=O)c1c2c2c(C)cc(=O)c3c(O)n(-c4cccc([N+](=O)[O-])c4)cc(c1=O)c23. The summed E-state index contributed by atoms with van der Waals surface area (Å²) in [6.07, 6.45) is -0.104. The van der Waals surface area contributed by atoms with Crippen LogP contribution >= 0.6 is 0 Å². The van der Waals surface area contributed by atoms with Gasteiger partial charge in [0.15, 0.2) is 16.6 Å². The molecule has 234 valence electrons. The summed E-state index contributed by atoms with van der Waals surface area (Å²) >= 11 is 0. The molecule has 0 fully saturated rings. The van der Waals surface area contributed by atoms with E-state index in [-0.39, 0.29) is 55.4 Å². The van der Waals surface area contributed by atoms with Gasteiger partial charge in [-0.1, -0.05) is 6.07 Å². The molecule has 2 bridgehead atoms. The number of fused-ring (bicyclic) bond motifs is 4. The Bertz CT molecular complexity index is 2500. The highest BCUT2D eigenvalue weighted by molar-refractivity contribution is 6.19. The third-order valence-corrected chi connectivity index (χ3v) is 9.75. The van der Waals surface area contributed by atoms with Crippen molar-refractivity contribution in [3.8, 4) is 17.3 Å². The molecule has 0 radical (unpaired) electrons. The Balaban J connectivity index is 1.61. The number of carbonyl (C=O) groups is 3. The highest BCUT2D eigenvalue weighted by Gasteiger charge is 2.67. The van der Waals surface area contributed by atoms with E-state index in [1.54, 1.807) is 13.8 Å². The normalized spacial score (nSPS) is 20.7. The molecule has 1 aromatic heterocycles. The van der Waals surface area contributed by atoms with Crippen LogP contribution in [0, 0.1) is 24.0 Å². The lowest BCUT2D eigenvalue weighted by atomic mass is 9.63. The van der Waals surface area contributed by atoms with Crippen molar-refractivity contribution >= 4 is 45.0 Å². The Hall–Kier alpha value is -6.11. The lowest BCUT2D eigenvalue weighted by Gasteiger charge is -2.44. The number of aromatic nitrogens is 1. The summed E-state index contributed by atoms with van der Waals surface area (Å²) in [5, 5.41) is 34.1. The summed E-state index contributed by atoms with van der Waals surface area (Å²) in [5.41, 5.74) is -2.62. The van der Waals surface area contributed by atoms with Crippen LogP contribution in [0.4, 0.5) is 5.69 Å². The van der Waals surface area contributed by atoms with Gasteiger partial charge in [-0.05, 0) is 59.7 Å². The molecule has 0 saturated carbocycles. The van der Waals surface area contributed by atoms with Crippen molar-refractivity contribution in [2.45, 2.75) is 38.2 Å². The number of ether oxygens (including phenoxy) is 2. The zero-order valence-electron chi connectivity index (χ0n) is 24.9. The monoisotopic (exact) mass is 634 g/mol. The van der Waals surface area contributed by atoms with E-state index in [4.69, 9.17) is 9.47 Å². The van der Waals surface area contributed by atoms with Crippen LogP contribution in [0.5, 0.6) is 11.6 Å². The Labute approximate surface area is 262 Å². The van der Waals surface area contributed by atoms with Crippen molar-refractivity contribution in [2.24, 2.45) is 0 Å². The maximum Gasteiger partial charge on any atom is 0.342 e. The summed E-state index contributed by atoms with van der Waals surface area (Å²) in [6, 6.07) is 7.77. The summed E-state index contributed by atoms with van der Waals surface area (Å²) in [6.45, 7) is 3.84. The van der Waals surface area contributed by atoms with Gasteiger partial charge < -0.3 is 19.7 Å². The van der Waals surface area contributed by atoms with E-state index in [1.807, 2.05) is 0 Å². The minimum Gasteiger partial charge on any atom is -0.507 e. The summed E-state index contributed by atoms with van der Waals surface area (Å²) in [7, 11) is 0. The molecule has 1 aliphatic heterocycles. The number of pyridine rings is 1. The zero-order chi connectivity index (χ0) is 33.4. The number of hydrogen-bond acceptors (Lipinski definition) is 11. The fourth-order valence-electron chi connectivity index (χ4n) is 8.13. The van der Waals surface area contributed by atoms with Gasteiger partial charge in [0.1, 0.15) is 24.0 Å². The first-order chi connectivity index (χ1) is 22.3. The van der Waals surface area contributed by atoms with Gasteiger partial charge in [0.25, 0.3) is 5.69 Å². The van der Waals surface area contributed by atoms with Crippen molar-refractivity contribution in [1.29, 1.82) is 0 Å². The largest absolute Gasteiger partial charge is 0.507 e. The van der Waals surface area contributed by atoms with E-state index in [1.165, 1.54) is 42.6 Å². The minimum absolute atomic E-state index is 0.00793. The number of non-ortho nitro benzene ring substituents is 1. The molecule has 0 saturated heterocycles. The van der Waals surface area contributed by atoms with Gasteiger partial charge in [0, 0.05) is 47.2 Å². The summed E-state index contributed by atoms with van der Waals surface area (Å²) in [4.78, 5) is 79.8. The zero-order valence-corrected chi connectivity index (χ0v) is 24.9. The molecule has 2 aliphatic carbocycles. The summed E-state index contributed by atoms with van der Waals surface area (Å²) < 4.78 is 12.5. The first kappa shape index (κ1) is 28.4. The van der Waals surface area contributed by atoms with Gasteiger partial charge >= 0.3 is 11.9 Å². The Kier molecular flexibility index (Phi) is 5.43. The smallest absolute Gasteiger partial charge is 0.342 e. The maximum atomic E-state index is 15.0. The van der Waals surface area contributed by atoms with E-state index >= 15 is 4.79 Å². The van der Waals surface area contributed by atoms with Crippen LogP contribution in [0.1, 0.15) is 61.4 Å². The molecule has 3 aliphatic rings. The summed E-state index contributed by atoms with van der Waals surface area (Å²) in [5.74, 6) is -4.57. The number of benzene rings is 4.